The monoisotopic (exact) mass is 710 g/mol. The number of ether oxygens (including phenoxy) is 3. The topological polar surface area (TPSA) is 103 Å². The number of rotatable bonds is 16. The number of halogens is 1. The van der Waals surface area contributed by atoms with Crippen LogP contribution in [0.2, 0.25) is 0 Å². The molecule has 3 aromatic carbocycles. The molecule has 1 atom stereocenters. The van der Waals surface area contributed by atoms with E-state index in [-0.39, 0.29) is 0 Å². The summed E-state index contributed by atoms with van der Waals surface area (Å²) in [6.45, 7) is 9.55. The molecule has 3 aromatic rings. The second kappa shape index (κ2) is 19.7. The SMILES string of the molecule is CCCCSOC(=O)N(C)CCOc1ccc(/C(=C(/CCCl)c2ccccc2)c2ccc(OC(=O)[C@H](C)NC(=O)OC(C)(C)C)cc2)cc1. The molecular formula is C38H47ClN2O7S. The van der Waals surface area contributed by atoms with E-state index >= 15 is 0 Å². The molecule has 0 saturated heterocycles. The molecule has 0 unspecified atom stereocenters. The molecule has 0 saturated carbocycles. The third kappa shape index (κ3) is 13.3. The summed E-state index contributed by atoms with van der Waals surface area (Å²) in [5.41, 5.74) is 4.22. The van der Waals surface area contributed by atoms with Crippen molar-refractivity contribution >= 4 is 52.9 Å². The van der Waals surface area contributed by atoms with E-state index in [9.17, 15) is 14.4 Å². The molecule has 0 bridgehead atoms. The Bertz CT molecular complexity index is 1520. The van der Waals surface area contributed by atoms with Crippen LogP contribution in [0.1, 0.15) is 70.6 Å². The zero-order valence-corrected chi connectivity index (χ0v) is 30.7. The molecule has 0 spiro atoms. The van der Waals surface area contributed by atoms with Crippen molar-refractivity contribution in [3.05, 3.63) is 95.6 Å². The van der Waals surface area contributed by atoms with Crippen molar-refractivity contribution in [1.29, 1.82) is 0 Å². The van der Waals surface area contributed by atoms with E-state index in [0.29, 0.717) is 37.0 Å². The minimum Gasteiger partial charge on any atom is -0.492 e. The summed E-state index contributed by atoms with van der Waals surface area (Å²) in [6.07, 6.45) is 1.56. The number of unbranched alkanes of at least 4 members (excludes halogenated alkanes) is 1. The van der Waals surface area contributed by atoms with Crippen LogP contribution in [-0.2, 0) is 13.7 Å². The van der Waals surface area contributed by atoms with Crippen molar-refractivity contribution in [2.75, 3.05) is 31.8 Å². The minimum atomic E-state index is -0.914. The van der Waals surface area contributed by atoms with Gasteiger partial charge in [-0.25, -0.2) is 14.4 Å². The van der Waals surface area contributed by atoms with Gasteiger partial charge in [0.1, 0.15) is 29.7 Å². The Morgan fingerprint density at radius 2 is 1.51 bits per heavy atom. The zero-order chi connectivity index (χ0) is 35.8. The highest BCUT2D eigenvalue weighted by atomic mass is 35.5. The fourth-order valence-corrected chi connectivity index (χ4v) is 5.48. The van der Waals surface area contributed by atoms with E-state index < -0.39 is 29.8 Å². The number of carbonyl (C=O) groups is 3. The molecule has 264 valence electrons. The van der Waals surface area contributed by atoms with E-state index in [0.717, 1.165) is 46.4 Å². The molecule has 0 aliphatic rings. The quantitative estimate of drug-likeness (QED) is 0.0393. The van der Waals surface area contributed by atoms with Gasteiger partial charge in [-0.2, -0.15) is 0 Å². The predicted octanol–water partition coefficient (Wildman–Crippen LogP) is 8.99. The fraction of sp³-hybridized carbons (Fsp3) is 0.395. The van der Waals surface area contributed by atoms with E-state index in [1.54, 1.807) is 40.0 Å². The maximum atomic E-state index is 12.7. The summed E-state index contributed by atoms with van der Waals surface area (Å²) in [7, 11) is 1.68. The van der Waals surface area contributed by atoms with E-state index in [4.69, 9.17) is 30.0 Å². The molecule has 1 N–H and O–H groups in total. The van der Waals surface area contributed by atoms with Crippen molar-refractivity contribution < 1.29 is 32.8 Å². The number of carbonyl (C=O) groups excluding carboxylic acids is 3. The number of hydrogen-bond donors (Lipinski definition) is 1. The molecule has 0 aliphatic heterocycles. The third-order valence-corrected chi connectivity index (χ3v) is 7.98. The van der Waals surface area contributed by atoms with Crippen LogP contribution >= 0.6 is 23.6 Å². The van der Waals surface area contributed by atoms with Gasteiger partial charge >= 0.3 is 18.2 Å². The van der Waals surface area contributed by atoms with Gasteiger partial charge in [-0.1, -0.05) is 67.9 Å². The maximum Gasteiger partial charge on any atom is 0.421 e. The lowest BCUT2D eigenvalue weighted by atomic mass is 9.88. The number of alkyl halides is 1. The first-order chi connectivity index (χ1) is 23.4. The molecule has 3 rings (SSSR count). The second-order valence-corrected chi connectivity index (χ2v) is 13.5. The van der Waals surface area contributed by atoms with Crippen LogP contribution in [0.4, 0.5) is 9.59 Å². The van der Waals surface area contributed by atoms with Crippen LogP contribution in [0.15, 0.2) is 78.9 Å². The van der Waals surface area contributed by atoms with Gasteiger partial charge in [-0.05, 0) is 92.6 Å². The lowest BCUT2D eigenvalue weighted by Crippen LogP contribution is -2.43. The summed E-state index contributed by atoms with van der Waals surface area (Å²) >= 11 is 7.51. The number of benzene rings is 3. The average molecular weight is 711 g/mol. The van der Waals surface area contributed by atoms with Gasteiger partial charge in [0.2, 0.25) is 0 Å². The normalized spacial score (nSPS) is 12.3. The summed E-state index contributed by atoms with van der Waals surface area (Å²) in [5.74, 6) is 1.57. The van der Waals surface area contributed by atoms with Crippen molar-refractivity contribution in [2.24, 2.45) is 0 Å². The largest absolute Gasteiger partial charge is 0.492 e. The number of alkyl carbamates (subject to hydrolysis) is 1. The second-order valence-electron chi connectivity index (χ2n) is 12.3. The number of esters is 1. The van der Waals surface area contributed by atoms with Gasteiger partial charge in [0.15, 0.2) is 0 Å². The summed E-state index contributed by atoms with van der Waals surface area (Å²) in [5, 5.41) is 2.50. The molecule has 0 heterocycles. The molecule has 9 nitrogen and oxygen atoms in total. The minimum absolute atomic E-state index is 0.306. The summed E-state index contributed by atoms with van der Waals surface area (Å²) < 4.78 is 22.0. The average Bonchev–Trinajstić information content (AvgIpc) is 3.07. The Labute approximate surface area is 299 Å². The summed E-state index contributed by atoms with van der Waals surface area (Å²) in [4.78, 5) is 38.5. The molecule has 0 radical (unpaired) electrons. The Balaban J connectivity index is 1.78. The van der Waals surface area contributed by atoms with Crippen LogP contribution in [0.25, 0.3) is 11.1 Å². The first-order valence-electron chi connectivity index (χ1n) is 16.4. The van der Waals surface area contributed by atoms with Gasteiger partial charge < -0.3 is 28.6 Å². The van der Waals surface area contributed by atoms with Crippen LogP contribution in [-0.4, -0.2) is 66.5 Å². The van der Waals surface area contributed by atoms with E-state index in [1.165, 1.54) is 23.9 Å². The van der Waals surface area contributed by atoms with Crippen LogP contribution in [0.5, 0.6) is 11.5 Å². The molecule has 11 heteroatoms. The van der Waals surface area contributed by atoms with Crippen molar-refractivity contribution in [3.8, 4) is 11.5 Å². The smallest absolute Gasteiger partial charge is 0.421 e. The standard InChI is InChI=1S/C38H47ClN2O7S/c1-7-8-26-49-48-37(44)41(6)24-25-45-31-18-14-29(15-19-31)34(33(22-23-39)28-12-10-9-11-13-28)30-16-20-32(21-17-30)46-35(42)27(2)40-36(43)47-38(3,4)5/h9-21,27H,7-8,22-26H2,1-6H3,(H,40,43)/b34-33+/t27-/m0/s1. The number of allylic oxidation sites excluding steroid dienone is 1. The number of nitrogens with zero attached hydrogens (tertiary/aromatic N) is 1. The van der Waals surface area contributed by atoms with Crippen molar-refractivity contribution in [3.63, 3.8) is 0 Å². The van der Waals surface area contributed by atoms with Crippen molar-refractivity contribution in [1.82, 2.24) is 10.2 Å². The first-order valence-corrected chi connectivity index (χ1v) is 17.8. The Hall–Kier alpha value is -4.15. The Kier molecular flexibility index (Phi) is 15.8. The van der Waals surface area contributed by atoms with Crippen LogP contribution in [0, 0.1) is 0 Å². The fourth-order valence-electron chi connectivity index (χ4n) is 4.57. The van der Waals surface area contributed by atoms with Crippen molar-refractivity contribution in [2.45, 2.75) is 65.5 Å². The van der Waals surface area contributed by atoms with Gasteiger partial charge in [-0.3, -0.25) is 0 Å². The predicted molar refractivity (Wildman–Crippen MR) is 197 cm³/mol. The molecular weight excluding hydrogens is 664 g/mol. The lowest BCUT2D eigenvalue weighted by Gasteiger charge is -2.21. The van der Waals surface area contributed by atoms with E-state index in [2.05, 4.69) is 24.4 Å². The third-order valence-electron chi connectivity index (χ3n) is 7.08. The Morgan fingerprint density at radius 1 is 0.898 bits per heavy atom. The van der Waals surface area contributed by atoms with Gasteiger partial charge in [0.05, 0.1) is 18.6 Å². The summed E-state index contributed by atoms with van der Waals surface area (Å²) in [6, 6.07) is 24.1. The van der Waals surface area contributed by atoms with Gasteiger partial charge in [0.25, 0.3) is 0 Å². The highest BCUT2D eigenvalue weighted by molar-refractivity contribution is 7.95. The highest BCUT2D eigenvalue weighted by Gasteiger charge is 2.23. The molecule has 0 aromatic heterocycles. The molecule has 2 amide bonds. The van der Waals surface area contributed by atoms with Gasteiger partial charge in [-0.15, -0.1) is 11.6 Å². The maximum absolute atomic E-state index is 12.7. The first kappa shape index (κ1) is 39.3. The van der Waals surface area contributed by atoms with Crippen LogP contribution in [0.3, 0.4) is 0 Å². The molecule has 0 fully saturated rings. The van der Waals surface area contributed by atoms with E-state index in [1.807, 2.05) is 54.6 Å². The van der Waals surface area contributed by atoms with Gasteiger partial charge in [0, 0.05) is 18.7 Å². The number of likely N-dealkylation sites (N-methyl/N-ethyl adjacent to an activating group) is 1. The lowest BCUT2D eigenvalue weighted by molar-refractivity contribution is -0.136. The number of hydrogen-bond acceptors (Lipinski definition) is 8. The number of amides is 2. The Morgan fingerprint density at radius 3 is 2.08 bits per heavy atom. The highest BCUT2D eigenvalue weighted by Crippen LogP contribution is 2.36. The number of nitrogens with one attached hydrogen (secondary N) is 1. The molecule has 0 aliphatic carbocycles. The van der Waals surface area contributed by atoms with Crippen LogP contribution < -0.4 is 14.8 Å². The zero-order valence-electron chi connectivity index (χ0n) is 29.1. The molecule has 49 heavy (non-hydrogen) atoms.